The number of alkyl halides is 3. The Morgan fingerprint density at radius 1 is 1.23 bits per heavy atom. The standard InChI is InChI=1S/C6H9F3O4/c1-11-2-3-12-5(10)13-4-6(7,8)9/h2-4H2,1H3. The maximum atomic E-state index is 11.4. The second-order valence-corrected chi connectivity index (χ2v) is 2.00. The lowest BCUT2D eigenvalue weighted by molar-refractivity contribution is -0.165. The van der Waals surface area contributed by atoms with Crippen molar-refractivity contribution in [2.24, 2.45) is 0 Å². The fourth-order valence-corrected chi connectivity index (χ4v) is 0.391. The molecule has 0 aromatic heterocycles. The largest absolute Gasteiger partial charge is 0.508 e. The van der Waals surface area contributed by atoms with E-state index in [1.807, 2.05) is 0 Å². The molecule has 0 aliphatic carbocycles. The van der Waals surface area contributed by atoms with Crippen molar-refractivity contribution in [3.05, 3.63) is 0 Å². The van der Waals surface area contributed by atoms with Crippen molar-refractivity contribution < 1.29 is 32.2 Å². The van der Waals surface area contributed by atoms with Crippen molar-refractivity contribution >= 4 is 6.16 Å². The zero-order valence-electron chi connectivity index (χ0n) is 6.89. The molecule has 4 nitrogen and oxygen atoms in total. The van der Waals surface area contributed by atoms with E-state index in [1.165, 1.54) is 7.11 Å². The molecule has 0 heterocycles. The zero-order chi connectivity index (χ0) is 10.3. The highest BCUT2D eigenvalue weighted by Crippen LogP contribution is 2.14. The van der Waals surface area contributed by atoms with Gasteiger partial charge in [-0.3, -0.25) is 0 Å². The monoisotopic (exact) mass is 202 g/mol. The number of hydrogen-bond donors (Lipinski definition) is 0. The summed E-state index contributed by atoms with van der Waals surface area (Å²) in [5, 5.41) is 0. The normalized spacial score (nSPS) is 11.1. The van der Waals surface area contributed by atoms with Crippen molar-refractivity contribution in [1.82, 2.24) is 0 Å². The summed E-state index contributed by atoms with van der Waals surface area (Å²) in [5.74, 6) is 0. The highest BCUT2D eigenvalue weighted by atomic mass is 19.4. The zero-order valence-corrected chi connectivity index (χ0v) is 6.89. The smallest absolute Gasteiger partial charge is 0.432 e. The molecule has 0 fully saturated rings. The van der Waals surface area contributed by atoms with Crippen LogP contribution in [0.2, 0.25) is 0 Å². The van der Waals surface area contributed by atoms with E-state index < -0.39 is 18.9 Å². The maximum absolute atomic E-state index is 11.4. The first kappa shape index (κ1) is 12.0. The van der Waals surface area contributed by atoms with Gasteiger partial charge >= 0.3 is 12.3 Å². The lowest BCUT2D eigenvalue weighted by atomic mass is 10.7. The third kappa shape index (κ3) is 8.93. The predicted molar refractivity (Wildman–Crippen MR) is 35.2 cm³/mol. The molecule has 0 aliphatic heterocycles. The molecular weight excluding hydrogens is 193 g/mol. The van der Waals surface area contributed by atoms with Crippen molar-refractivity contribution in [3.8, 4) is 0 Å². The van der Waals surface area contributed by atoms with E-state index in [1.54, 1.807) is 0 Å². The Bertz CT molecular complexity index is 156. The molecule has 0 saturated carbocycles. The molecule has 78 valence electrons. The molecule has 0 radical (unpaired) electrons. The van der Waals surface area contributed by atoms with Crippen LogP contribution >= 0.6 is 0 Å². The van der Waals surface area contributed by atoms with Gasteiger partial charge in [-0.25, -0.2) is 4.79 Å². The number of hydrogen-bond acceptors (Lipinski definition) is 4. The quantitative estimate of drug-likeness (QED) is 0.509. The maximum Gasteiger partial charge on any atom is 0.508 e. The number of ether oxygens (including phenoxy) is 3. The minimum absolute atomic E-state index is 0.112. The van der Waals surface area contributed by atoms with Gasteiger partial charge in [0.05, 0.1) is 6.61 Å². The van der Waals surface area contributed by atoms with E-state index in [0.717, 1.165) is 0 Å². The summed E-state index contributed by atoms with van der Waals surface area (Å²) in [4.78, 5) is 10.4. The molecule has 0 rings (SSSR count). The Balaban J connectivity index is 3.41. The topological polar surface area (TPSA) is 44.8 Å². The van der Waals surface area contributed by atoms with Gasteiger partial charge in [-0.1, -0.05) is 0 Å². The first-order valence-electron chi connectivity index (χ1n) is 3.31. The average molecular weight is 202 g/mol. The van der Waals surface area contributed by atoms with Crippen molar-refractivity contribution in [2.75, 3.05) is 26.9 Å². The second kappa shape index (κ2) is 5.63. The number of methoxy groups -OCH3 is 1. The van der Waals surface area contributed by atoms with E-state index in [9.17, 15) is 18.0 Å². The average Bonchev–Trinajstić information content (AvgIpc) is 2.00. The number of rotatable bonds is 4. The van der Waals surface area contributed by atoms with Crippen molar-refractivity contribution in [3.63, 3.8) is 0 Å². The van der Waals surface area contributed by atoms with Gasteiger partial charge < -0.3 is 14.2 Å². The van der Waals surface area contributed by atoms with Crippen LogP contribution in [0.4, 0.5) is 18.0 Å². The molecule has 0 saturated heterocycles. The van der Waals surface area contributed by atoms with Crippen LogP contribution in [0.3, 0.4) is 0 Å². The van der Waals surface area contributed by atoms with Crippen molar-refractivity contribution in [1.29, 1.82) is 0 Å². The van der Waals surface area contributed by atoms with Crippen LogP contribution in [0.15, 0.2) is 0 Å². The summed E-state index contributed by atoms with van der Waals surface area (Å²) >= 11 is 0. The van der Waals surface area contributed by atoms with Gasteiger partial charge in [-0.2, -0.15) is 13.2 Å². The molecule has 0 spiro atoms. The van der Waals surface area contributed by atoms with E-state index in [0.29, 0.717) is 0 Å². The van der Waals surface area contributed by atoms with Crippen molar-refractivity contribution in [2.45, 2.75) is 6.18 Å². The van der Waals surface area contributed by atoms with E-state index in [4.69, 9.17) is 0 Å². The van der Waals surface area contributed by atoms with Gasteiger partial charge in [0.15, 0.2) is 6.61 Å². The fourth-order valence-electron chi connectivity index (χ4n) is 0.391. The molecule has 0 aliphatic rings. The minimum atomic E-state index is -4.53. The van der Waals surface area contributed by atoms with Gasteiger partial charge in [-0.15, -0.1) is 0 Å². The van der Waals surface area contributed by atoms with Gasteiger partial charge in [0.1, 0.15) is 6.61 Å². The van der Waals surface area contributed by atoms with Crippen LogP contribution < -0.4 is 0 Å². The molecule has 0 amide bonds. The second-order valence-electron chi connectivity index (χ2n) is 2.00. The molecule has 0 bridgehead atoms. The minimum Gasteiger partial charge on any atom is -0.432 e. The third-order valence-electron chi connectivity index (χ3n) is 0.861. The lowest BCUT2D eigenvalue weighted by Crippen LogP contribution is -2.21. The Hall–Kier alpha value is -0.980. The van der Waals surface area contributed by atoms with Crippen LogP contribution in [-0.2, 0) is 14.2 Å². The summed E-state index contributed by atoms with van der Waals surface area (Å²) in [6.07, 6.45) is -5.88. The van der Waals surface area contributed by atoms with Crippen LogP contribution in [0.25, 0.3) is 0 Å². The first-order valence-corrected chi connectivity index (χ1v) is 3.31. The molecule has 7 heteroatoms. The van der Waals surface area contributed by atoms with Gasteiger partial charge in [0.2, 0.25) is 0 Å². The van der Waals surface area contributed by atoms with Gasteiger partial charge in [0.25, 0.3) is 0 Å². The number of halogens is 3. The summed E-state index contributed by atoms with van der Waals surface area (Å²) in [6.45, 7) is -1.66. The number of carbonyl (C=O) groups excluding carboxylic acids is 1. The van der Waals surface area contributed by atoms with E-state index >= 15 is 0 Å². The summed E-state index contributed by atoms with van der Waals surface area (Å²) in [7, 11) is 1.37. The van der Waals surface area contributed by atoms with Gasteiger partial charge in [-0.05, 0) is 0 Å². The SMILES string of the molecule is COCCOC(=O)OCC(F)(F)F. The van der Waals surface area contributed by atoms with E-state index in [-0.39, 0.29) is 13.2 Å². The summed E-state index contributed by atoms with van der Waals surface area (Å²) in [5.41, 5.74) is 0. The van der Waals surface area contributed by atoms with Crippen LogP contribution in [0.1, 0.15) is 0 Å². The number of carbonyl (C=O) groups is 1. The first-order chi connectivity index (χ1) is 5.95. The lowest BCUT2D eigenvalue weighted by Gasteiger charge is -2.07. The van der Waals surface area contributed by atoms with Crippen LogP contribution in [0.5, 0.6) is 0 Å². The molecule has 0 aromatic carbocycles. The Morgan fingerprint density at radius 3 is 2.31 bits per heavy atom. The molecular formula is C6H9F3O4. The Morgan fingerprint density at radius 2 is 1.85 bits per heavy atom. The van der Waals surface area contributed by atoms with Crippen LogP contribution in [0, 0.1) is 0 Å². The molecule has 0 N–H and O–H groups in total. The molecule has 13 heavy (non-hydrogen) atoms. The third-order valence-corrected chi connectivity index (χ3v) is 0.861. The molecule has 0 atom stereocenters. The predicted octanol–water partition coefficient (Wildman–Crippen LogP) is 1.35. The van der Waals surface area contributed by atoms with E-state index in [2.05, 4.69) is 14.2 Å². The van der Waals surface area contributed by atoms with Crippen LogP contribution in [-0.4, -0.2) is 39.3 Å². The highest BCUT2D eigenvalue weighted by molar-refractivity contribution is 5.59. The summed E-state index contributed by atoms with van der Waals surface area (Å²) in [6, 6.07) is 0. The Labute approximate surface area is 72.6 Å². The van der Waals surface area contributed by atoms with Gasteiger partial charge in [0, 0.05) is 7.11 Å². The summed E-state index contributed by atoms with van der Waals surface area (Å²) < 4.78 is 46.7. The Kier molecular flexibility index (Phi) is 5.20. The molecule has 0 unspecified atom stereocenters. The molecule has 0 aromatic rings. The highest BCUT2D eigenvalue weighted by Gasteiger charge is 2.29. The fraction of sp³-hybridized carbons (Fsp3) is 0.833.